The maximum absolute atomic E-state index is 16.4. The van der Waals surface area contributed by atoms with Gasteiger partial charge in [-0.3, -0.25) is 9.36 Å². The second kappa shape index (κ2) is 21.6. The van der Waals surface area contributed by atoms with Crippen LogP contribution in [0.15, 0.2) is 176 Å². The largest absolute Gasteiger partial charge is 0.497 e. The van der Waals surface area contributed by atoms with Crippen molar-refractivity contribution in [1.82, 2.24) is 19.5 Å². The minimum absolute atomic E-state index is 0.107. The third-order valence-corrected chi connectivity index (χ3v) is 13.7. The van der Waals surface area contributed by atoms with Crippen molar-refractivity contribution in [2.24, 2.45) is 5.92 Å². The predicted molar refractivity (Wildman–Crippen MR) is 276 cm³/mol. The van der Waals surface area contributed by atoms with Crippen molar-refractivity contribution >= 4 is 23.0 Å². The molecule has 1 aliphatic rings. The van der Waals surface area contributed by atoms with Crippen LogP contribution in [0.2, 0.25) is 0 Å². The summed E-state index contributed by atoms with van der Waals surface area (Å²) in [6.07, 6.45) is 8.35. The van der Waals surface area contributed by atoms with E-state index in [0.29, 0.717) is 24.3 Å². The molecule has 0 unspecified atom stereocenters. The van der Waals surface area contributed by atoms with E-state index >= 15 is 4.39 Å². The fourth-order valence-electron chi connectivity index (χ4n) is 10.1. The Bertz CT molecular complexity index is 3010. The van der Waals surface area contributed by atoms with Gasteiger partial charge in [0.05, 0.1) is 26.5 Å². The molecule has 3 heterocycles. The molecule has 8 aromatic rings. The van der Waals surface area contributed by atoms with E-state index in [2.05, 4.69) is 21.2 Å². The van der Waals surface area contributed by atoms with Crippen molar-refractivity contribution in [3.63, 3.8) is 0 Å². The number of carbonyl (C=O) groups excluding carboxylic acids is 1. The van der Waals surface area contributed by atoms with E-state index in [0.717, 1.165) is 46.2 Å². The zero-order valence-electron chi connectivity index (χ0n) is 40.9. The van der Waals surface area contributed by atoms with E-state index in [9.17, 15) is 4.79 Å². The SMILES string of the molecule is C#C[C@]1(COC(=O)C(CCC)CCC)O[C@@H](n2cnc3c(NC(c4ccccc4)(c4ccccc4)c4ccc(OC)cc4)nc(F)nc32)C[C@@H]1OC(c1ccccc1)(c1ccccc1)c1ccc(OC)cc1. The number of ether oxygens (including phenoxy) is 5. The quantitative estimate of drug-likeness (QED) is 0.0342. The molecular weight excluding hydrogens is 906 g/mol. The summed E-state index contributed by atoms with van der Waals surface area (Å²) in [5.41, 5.74) is 1.30. The molecule has 0 radical (unpaired) electrons. The van der Waals surface area contributed by atoms with E-state index < -0.39 is 35.2 Å². The summed E-state index contributed by atoms with van der Waals surface area (Å²) in [6, 6.07) is 55.0. The molecular formula is C60H58FN5O6. The molecule has 72 heavy (non-hydrogen) atoms. The maximum Gasteiger partial charge on any atom is 0.312 e. The van der Waals surface area contributed by atoms with Gasteiger partial charge in [-0.1, -0.05) is 178 Å². The number of nitrogens with one attached hydrogen (secondary N) is 1. The summed E-state index contributed by atoms with van der Waals surface area (Å²) in [5, 5.41) is 3.69. The second-order valence-corrected chi connectivity index (χ2v) is 18.0. The summed E-state index contributed by atoms with van der Waals surface area (Å²) in [7, 11) is 3.24. The molecule has 1 saturated heterocycles. The minimum atomic E-state index is -1.67. The second-order valence-electron chi connectivity index (χ2n) is 18.0. The minimum Gasteiger partial charge on any atom is -0.497 e. The van der Waals surface area contributed by atoms with Gasteiger partial charge in [0, 0.05) is 6.42 Å². The van der Waals surface area contributed by atoms with Gasteiger partial charge in [-0.15, -0.1) is 6.42 Å². The van der Waals surface area contributed by atoms with E-state index in [1.807, 2.05) is 184 Å². The molecule has 6 aromatic carbocycles. The van der Waals surface area contributed by atoms with Crippen molar-refractivity contribution in [2.45, 2.75) is 75.0 Å². The highest BCUT2D eigenvalue weighted by Crippen LogP contribution is 2.49. The average molecular weight is 964 g/mol. The number of hydrogen-bond acceptors (Lipinski definition) is 10. The first-order valence-electron chi connectivity index (χ1n) is 24.4. The Morgan fingerprint density at radius 2 is 1.21 bits per heavy atom. The highest BCUT2D eigenvalue weighted by Gasteiger charge is 2.55. The molecule has 366 valence electrons. The van der Waals surface area contributed by atoms with Crippen molar-refractivity contribution in [3.05, 3.63) is 216 Å². The Kier molecular flexibility index (Phi) is 14.8. The van der Waals surface area contributed by atoms with Crippen LogP contribution in [-0.2, 0) is 30.1 Å². The fourth-order valence-corrected chi connectivity index (χ4v) is 10.1. The fraction of sp³-hybridized carbons (Fsp3) is 0.267. The first-order valence-corrected chi connectivity index (χ1v) is 24.4. The Morgan fingerprint density at radius 1 is 0.736 bits per heavy atom. The summed E-state index contributed by atoms with van der Waals surface area (Å²) in [5.74, 6) is 3.73. The van der Waals surface area contributed by atoms with Crippen LogP contribution in [0.25, 0.3) is 11.2 Å². The number of rotatable bonds is 20. The number of hydrogen-bond donors (Lipinski definition) is 1. The molecule has 3 atom stereocenters. The standard InChI is InChI=1S/C60H58FN5O6/c1-6-21-42(22-7-2)56(67)70-40-58(8-3)51(71-60(46-27-17-11-18-28-46,47-29-19-12-20-30-47)48-33-37-50(69-5)38-34-48)39-52(72-58)66-41-62-53-54(63-57(61)64-55(53)66)65-59(43-23-13-9-14-24-43,44-25-15-10-16-26-44)45-31-35-49(68-4)36-32-45/h3,9-20,23-38,41-42,51-52H,6-7,21-22,39-40H2,1-2,4-5H3,(H,63,64,65)/t51-,52+,58+/m0/s1. The highest BCUT2D eigenvalue weighted by atomic mass is 19.1. The van der Waals surface area contributed by atoms with Crippen LogP contribution in [-0.4, -0.2) is 58.0 Å². The normalized spacial score (nSPS) is 16.8. The van der Waals surface area contributed by atoms with Gasteiger partial charge in [0.1, 0.15) is 41.6 Å². The number of fused-ring (bicyclic) bond motifs is 1. The monoisotopic (exact) mass is 963 g/mol. The van der Waals surface area contributed by atoms with Gasteiger partial charge in [0.25, 0.3) is 0 Å². The zero-order chi connectivity index (χ0) is 50.1. The van der Waals surface area contributed by atoms with Crippen LogP contribution in [0.1, 0.15) is 85.6 Å². The van der Waals surface area contributed by atoms with E-state index in [1.165, 1.54) is 0 Å². The molecule has 1 aliphatic heterocycles. The molecule has 2 aromatic heterocycles. The molecule has 0 aliphatic carbocycles. The van der Waals surface area contributed by atoms with E-state index in [-0.39, 0.29) is 41.9 Å². The third-order valence-electron chi connectivity index (χ3n) is 13.7. The van der Waals surface area contributed by atoms with Gasteiger partial charge in [-0.25, -0.2) is 4.98 Å². The topological polar surface area (TPSA) is 119 Å². The molecule has 1 fully saturated rings. The van der Waals surface area contributed by atoms with Gasteiger partial charge >= 0.3 is 12.0 Å². The van der Waals surface area contributed by atoms with Gasteiger partial charge < -0.3 is 29.0 Å². The number of terminal acetylenes is 1. The van der Waals surface area contributed by atoms with E-state index in [4.69, 9.17) is 35.1 Å². The van der Waals surface area contributed by atoms with Crippen LogP contribution in [0.4, 0.5) is 10.2 Å². The number of aromatic nitrogens is 4. The van der Waals surface area contributed by atoms with Crippen LogP contribution in [0, 0.1) is 24.3 Å². The molecule has 0 amide bonds. The van der Waals surface area contributed by atoms with Gasteiger partial charge in [-0.2, -0.15) is 14.4 Å². The summed E-state index contributed by atoms with van der Waals surface area (Å²) >= 11 is 0. The average Bonchev–Trinajstić information content (AvgIpc) is 4.03. The molecule has 12 heteroatoms. The summed E-state index contributed by atoms with van der Waals surface area (Å²) < 4.78 is 50.2. The number of esters is 1. The number of imidazole rings is 1. The number of halogens is 1. The first-order chi connectivity index (χ1) is 35.2. The lowest BCUT2D eigenvalue weighted by molar-refractivity contribution is -0.169. The number of carbonyl (C=O) groups is 1. The molecule has 0 saturated carbocycles. The van der Waals surface area contributed by atoms with Crippen LogP contribution >= 0.6 is 0 Å². The van der Waals surface area contributed by atoms with Gasteiger partial charge in [0.2, 0.25) is 0 Å². The zero-order valence-corrected chi connectivity index (χ0v) is 40.9. The smallest absolute Gasteiger partial charge is 0.312 e. The lowest BCUT2D eigenvalue weighted by Gasteiger charge is -2.41. The molecule has 0 spiro atoms. The molecule has 0 bridgehead atoms. The lowest BCUT2D eigenvalue weighted by atomic mass is 9.77. The number of anilines is 1. The van der Waals surface area contributed by atoms with Gasteiger partial charge in [-0.05, 0) is 70.5 Å². The molecule has 9 rings (SSSR count). The number of methoxy groups -OCH3 is 2. The lowest BCUT2D eigenvalue weighted by Crippen LogP contribution is -2.49. The molecule has 1 N–H and O–H groups in total. The highest BCUT2D eigenvalue weighted by molar-refractivity contribution is 5.84. The first kappa shape index (κ1) is 49.1. The van der Waals surface area contributed by atoms with Crippen LogP contribution in [0.5, 0.6) is 11.5 Å². The van der Waals surface area contributed by atoms with Crippen LogP contribution in [0.3, 0.4) is 0 Å². The van der Waals surface area contributed by atoms with Crippen molar-refractivity contribution in [3.8, 4) is 23.8 Å². The van der Waals surface area contributed by atoms with Gasteiger partial charge in [0.15, 0.2) is 22.6 Å². The Labute approximate surface area is 420 Å². The van der Waals surface area contributed by atoms with Crippen molar-refractivity contribution < 1.29 is 32.9 Å². The Balaban J connectivity index is 1.19. The van der Waals surface area contributed by atoms with E-state index in [1.54, 1.807) is 25.1 Å². The van der Waals surface area contributed by atoms with Crippen molar-refractivity contribution in [2.75, 3.05) is 26.1 Å². The third kappa shape index (κ3) is 9.41. The Hall–Kier alpha value is -7.85. The Morgan fingerprint density at radius 3 is 1.69 bits per heavy atom. The summed E-state index contributed by atoms with van der Waals surface area (Å²) in [6.45, 7) is 3.77. The van der Waals surface area contributed by atoms with Crippen LogP contribution < -0.4 is 14.8 Å². The predicted octanol–water partition coefficient (Wildman–Crippen LogP) is 11.8. The maximum atomic E-state index is 16.4. The number of benzene rings is 6. The molecule has 11 nitrogen and oxygen atoms in total. The summed E-state index contributed by atoms with van der Waals surface area (Å²) in [4.78, 5) is 27.6. The number of nitrogens with zero attached hydrogens (tertiary/aromatic N) is 4. The van der Waals surface area contributed by atoms with Crippen molar-refractivity contribution in [1.29, 1.82) is 0 Å².